The normalized spacial score (nSPS) is 27.4. The van der Waals surface area contributed by atoms with E-state index in [4.69, 9.17) is 20.3 Å². The first-order chi connectivity index (χ1) is 7.74. The van der Waals surface area contributed by atoms with E-state index in [2.05, 4.69) is 9.78 Å². The Hall–Kier alpha value is -0.240. The van der Waals surface area contributed by atoms with Gasteiger partial charge in [0.1, 0.15) is 0 Å². The zero-order valence-electron chi connectivity index (χ0n) is 9.18. The van der Waals surface area contributed by atoms with Gasteiger partial charge in [-0.05, 0) is 25.7 Å². The number of rotatable bonds is 5. The summed E-state index contributed by atoms with van der Waals surface area (Å²) in [4.78, 5) is 19.0. The highest BCUT2D eigenvalue weighted by atomic mass is 17.3. The first kappa shape index (κ1) is 12.2. The highest BCUT2D eigenvalue weighted by molar-refractivity contribution is 4.77. The predicted molar refractivity (Wildman–Crippen MR) is 52.0 cm³/mol. The molecule has 2 N–H and O–H groups in total. The fourth-order valence-corrected chi connectivity index (χ4v) is 2.36. The van der Waals surface area contributed by atoms with Crippen LogP contribution in [-0.4, -0.2) is 22.1 Å². The lowest BCUT2D eigenvalue weighted by atomic mass is 10.2. The summed E-state index contributed by atoms with van der Waals surface area (Å²) in [5, 5.41) is 17.7. The van der Waals surface area contributed by atoms with Crippen LogP contribution in [0.4, 0.5) is 0 Å². The van der Waals surface area contributed by atoms with Crippen LogP contribution in [0.2, 0.25) is 0 Å². The molecule has 0 amide bonds. The second-order valence-corrected chi connectivity index (χ2v) is 4.58. The fourth-order valence-electron chi connectivity index (χ4n) is 2.36. The molecule has 0 unspecified atom stereocenters. The standard InChI is InChI=1S/C10H18O6/c11-13-9(5-1-2-6-9)15-16-10(14-12)7-3-4-8-10/h11-12H,1-8H2. The van der Waals surface area contributed by atoms with Gasteiger partial charge in [0.25, 0.3) is 0 Å². The summed E-state index contributed by atoms with van der Waals surface area (Å²) in [5.74, 6) is -2.18. The summed E-state index contributed by atoms with van der Waals surface area (Å²) >= 11 is 0. The van der Waals surface area contributed by atoms with Gasteiger partial charge in [-0.2, -0.15) is 9.78 Å². The van der Waals surface area contributed by atoms with Gasteiger partial charge in [-0.15, -0.1) is 0 Å². The minimum Gasteiger partial charge on any atom is -0.249 e. The summed E-state index contributed by atoms with van der Waals surface area (Å²) in [6.07, 6.45) is 5.95. The lowest BCUT2D eigenvalue weighted by molar-refractivity contribution is -0.569. The maximum atomic E-state index is 8.84. The molecule has 2 aliphatic rings. The van der Waals surface area contributed by atoms with Crippen LogP contribution in [0.1, 0.15) is 51.4 Å². The van der Waals surface area contributed by atoms with Crippen molar-refractivity contribution in [3.63, 3.8) is 0 Å². The Labute approximate surface area is 93.8 Å². The van der Waals surface area contributed by atoms with E-state index in [-0.39, 0.29) is 0 Å². The van der Waals surface area contributed by atoms with Gasteiger partial charge in [0.15, 0.2) is 0 Å². The van der Waals surface area contributed by atoms with Crippen LogP contribution in [0.15, 0.2) is 0 Å². The third kappa shape index (κ3) is 2.37. The van der Waals surface area contributed by atoms with Crippen molar-refractivity contribution in [1.29, 1.82) is 0 Å². The van der Waals surface area contributed by atoms with Crippen LogP contribution in [0, 0.1) is 0 Å². The molecule has 16 heavy (non-hydrogen) atoms. The van der Waals surface area contributed by atoms with Crippen molar-refractivity contribution in [1.82, 2.24) is 0 Å². The largest absolute Gasteiger partial charge is 0.249 e. The van der Waals surface area contributed by atoms with E-state index in [0.29, 0.717) is 25.7 Å². The molecule has 94 valence electrons. The van der Waals surface area contributed by atoms with Gasteiger partial charge in [-0.3, -0.25) is 0 Å². The Morgan fingerprint density at radius 1 is 0.625 bits per heavy atom. The molecular weight excluding hydrogens is 216 g/mol. The molecule has 0 aromatic carbocycles. The summed E-state index contributed by atoms with van der Waals surface area (Å²) in [6, 6.07) is 0. The summed E-state index contributed by atoms with van der Waals surface area (Å²) in [5.41, 5.74) is 0. The van der Waals surface area contributed by atoms with Crippen LogP contribution >= 0.6 is 0 Å². The molecule has 0 aromatic rings. The highest BCUT2D eigenvalue weighted by Crippen LogP contribution is 2.39. The van der Waals surface area contributed by atoms with E-state index in [9.17, 15) is 0 Å². The van der Waals surface area contributed by atoms with E-state index in [1.54, 1.807) is 0 Å². The van der Waals surface area contributed by atoms with Gasteiger partial charge < -0.3 is 0 Å². The highest BCUT2D eigenvalue weighted by Gasteiger charge is 2.44. The molecule has 0 aliphatic heterocycles. The van der Waals surface area contributed by atoms with Crippen LogP contribution in [-0.2, 0) is 19.6 Å². The Morgan fingerprint density at radius 3 is 1.19 bits per heavy atom. The monoisotopic (exact) mass is 234 g/mol. The molecule has 0 aromatic heterocycles. The predicted octanol–water partition coefficient (Wildman–Crippen LogP) is 2.45. The summed E-state index contributed by atoms with van der Waals surface area (Å²) < 4.78 is 0. The van der Waals surface area contributed by atoms with Crippen LogP contribution in [0.3, 0.4) is 0 Å². The Kier molecular flexibility index (Phi) is 3.78. The van der Waals surface area contributed by atoms with Crippen LogP contribution < -0.4 is 0 Å². The molecule has 0 saturated heterocycles. The third-order valence-electron chi connectivity index (χ3n) is 3.41. The lowest BCUT2D eigenvalue weighted by Crippen LogP contribution is -2.39. The SMILES string of the molecule is OOC1(OOC2(OO)CCCC2)CCCC1. The van der Waals surface area contributed by atoms with Gasteiger partial charge >= 0.3 is 0 Å². The van der Waals surface area contributed by atoms with Crippen molar-refractivity contribution in [2.24, 2.45) is 0 Å². The molecule has 2 aliphatic carbocycles. The molecule has 2 fully saturated rings. The van der Waals surface area contributed by atoms with Gasteiger partial charge in [0.05, 0.1) is 0 Å². The van der Waals surface area contributed by atoms with Gasteiger partial charge in [0.2, 0.25) is 11.6 Å². The minimum absolute atomic E-state index is 0.574. The molecule has 2 rings (SSSR count). The maximum absolute atomic E-state index is 8.84. The van der Waals surface area contributed by atoms with E-state index in [0.717, 1.165) is 25.7 Å². The molecule has 0 spiro atoms. The zero-order valence-corrected chi connectivity index (χ0v) is 9.18. The minimum atomic E-state index is -1.09. The molecule has 2 saturated carbocycles. The van der Waals surface area contributed by atoms with Crippen LogP contribution in [0.25, 0.3) is 0 Å². The molecule has 0 heterocycles. The zero-order chi connectivity index (χ0) is 11.5. The van der Waals surface area contributed by atoms with Gasteiger partial charge in [0, 0.05) is 25.7 Å². The molecular formula is C10H18O6. The Bertz CT molecular complexity index is 195. The quantitative estimate of drug-likeness (QED) is 0.432. The van der Waals surface area contributed by atoms with Crippen LogP contribution in [0.5, 0.6) is 0 Å². The van der Waals surface area contributed by atoms with Crippen molar-refractivity contribution >= 4 is 0 Å². The third-order valence-corrected chi connectivity index (χ3v) is 3.41. The number of hydrogen-bond acceptors (Lipinski definition) is 6. The fraction of sp³-hybridized carbons (Fsp3) is 1.00. The molecule has 6 heteroatoms. The average Bonchev–Trinajstić information content (AvgIpc) is 2.97. The first-order valence-corrected chi connectivity index (χ1v) is 5.76. The maximum Gasteiger partial charge on any atom is 0.233 e. The smallest absolute Gasteiger partial charge is 0.233 e. The van der Waals surface area contributed by atoms with Crippen molar-refractivity contribution in [2.45, 2.75) is 62.9 Å². The van der Waals surface area contributed by atoms with Crippen molar-refractivity contribution in [3.05, 3.63) is 0 Å². The van der Waals surface area contributed by atoms with Crippen molar-refractivity contribution in [3.8, 4) is 0 Å². The second-order valence-electron chi connectivity index (χ2n) is 4.58. The van der Waals surface area contributed by atoms with E-state index in [1.807, 2.05) is 0 Å². The van der Waals surface area contributed by atoms with Gasteiger partial charge in [-0.25, -0.2) is 20.3 Å². The summed E-state index contributed by atoms with van der Waals surface area (Å²) in [7, 11) is 0. The molecule has 0 bridgehead atoms. The van der Waals surface area contributed by atoms with Gasteiger partial charge in [-0.1, -0.05) is 0 Å². The van der Waals surface area contributed by atoms with E-state index >= 15 is 0 Å². The Morgan fingerprint density at radius 2 is 0.938 bits per heavy atom. The van der Waals surface area contributed by atoms with Crippen molar-refractivity contribution in [2.75, 3.05) is 0 Å². The molecule has 0 atom stereocenters. The Balaban J connectivity index is 1.89. The average molecular weight is 234 g/mol. The topological polar surface area (TPSA) is 77.4 Å². The molecule has 0 radical (unpaired) electrons. The first-order valence-electron chi connectivity index (χ1n) is 5.76. The van der Waals surface area contributed by atoms with E-state index < -0.39 is 11.6 Å². The summed E-state index contributed by atoms with van der Waals surface area (Å²) in [6.45, 7) is 0. The second kappa shape index (κ2) is 4.95. The van der Waals surface area contributed by atoms with E-state index in [1.165, 1.54) is 0 Å². The number of hydrogen-bond donors (Lipinski definition) is 2. The molecule has 6 nitrogen and oxygen atoms in total. The van der Waals surface area contributed by atoms with Crippen molar-refractivity contribution < 1.29 is 30.1 Å². The lowest BCUT2D eigenvalue weighted by Gasteiger charge is -2.30.